The molecule has 2 saturated heterocycles. The molecule has 31 heavy (non-hydrogen) atoms. The summed E-state index contributed by atoms with van der Waals surface area (Å²) in [5, 5.41) is 1.22. The number of piperazine rings is 1. The van der Waals surface area contributed by atoms with Crippen LogP contribution in [0, 0.1) is 5.41 Å². The van der Waals surface area contributed by atoms with Gasteiger partial charge in [-0.05, 0) is 48.3 Å². The molecule has 1 atom stereocenters. The highest BCUT2D eigenvalue weighted by Crippen LogP contribution is 2.47. The van der Waals surface area contributed by atoms with Crippen molar-refractivity contribution in [1.82, 2.24) is 14.2 Å². The first-order valence-corrected chi connectivity index (χ1v) is 12.6. The second-order valence-electron chi connectivity index (χ2n) is 9.51. The molecule has 3 heterocycles. The normalized spacial score (nSPS) is 23.3. The molecule has 1 aliphatic carbocycles. The van der Waals surface area contributed by atoms with Crippen LogP contribution in [0.3, 0.4) is 0 Å². The summed E-state index contributed by atoms with van der Waals surface area (Å²) in [7, 11) is 0. The van der Waals surface area contributed by atoms with Crippen LogP contribution < -0.4 is 4.90 Å². The van der Waals surface area contributed by atoms with Crippen LogP contribution >= 0.6 is 11.5 Å². The van der Waals surface area contributed by atoms with Crippen LogP contribution in [0.4, 0.5) is 5.82 Å². The molecular formula is C24H32N4O2S. The second-order valence-corrected chi connectivity index (χ2v) is 10.3. The Kier molecular flexibility index (Phi) is 5.73. The quantitative estimate of drug-likeness (QED) is 0.651. The van der Waals surface area contributed by atoms with Gasteiger partial charge in [-0.25, -0.2) is 0 Å². The minimum atomic E-state index is -0.0990. The van der Waals surface area contributed by atoms with Gasteiger partial charge in [-0.15, -0.1) is 0 Å². The molecule has 6 nitrogen and oxygen atoms in total. The summed E-state index contributed by atoms with van der Waals surface area (Å²) >= 11 is 1.55. The van der Waals surface area contributed by atoms with Crippen molar-refractivity contribution in [2.75, 3.05) is 31.1 Å². The van der Waals surface area contributed by atoms with E-state index in [1.807, 2.05) is 0 Å². The molecule has 2 amide bonds. The number of carbonyl (C=O) groups is 2. The van der Waals surface area contributed by atoms with Crippen LogP contribution in [0.25, 0.3) is 10.1 Å². The van der Waals surface area contributed by atoms with E-state index in [0.29, 0.717) is 12.8 Å². The van der Waals surface area contributed by atoms with E-state index in [1.165, 1.54) is 10.1 Å². The van der Waals surface area contributed by atoms with E-state index in [9.17, 15) is 9.59 Å². The lowest BCUT2D eigenvalue weighted by Gasteiger charge is -2.46. The van der Waals surface area contributed by atoms with Crippen LogP contribution in [0.2, 0.25) is 0 Å². The number of nitrogens with zero attached hydrogens (tertiary/aromatic N) is 4. The maximum atomic E-state index is 13.2. The summed E-state index contributed by atoms with van der Waals surface area (Å²) in [4.78, 5) is 32.7. The first-order valence-electron chi connectivity index (χ1n) is 11.8. The molecule has 1 unspecified atom stereocenters. The minimum Gasteiger partial charge on any atom is -0.353 e. The molecule has 1 spiro atoms. The van der Waals surface area contributed by atoms with Crippen LogP contribution in [-0.2, 0) is 9.59 Å². The van der Waals surface area contributed by atoms with Crippen LogP contribution in [0.1, 0.15) is 58.3 Å². The predicted octanol–water partition coefficient (Wildman–Crippen LogP) is 4.25. The highest BCUT2D eigenvalue weighted by Gasteiger charge is 2.47. The third kappa shape index (κ3) is 3.87. The molecule has 5 rings (SSSR count). The number of rotatable bonds is 5. The summed E-state index contributed by atoms with van der Waals surface area (Å²) < 4.78 is 5.93. The zero-order valence-electron chi connectivity index (χ0n) is 18.4. The molecule has 3 fully saturated rings. The summed E-state index contributed by atoms with van der Waals surface area (Å²) in [6.45, 7) is 5.57. The average Bonchev–Trinajstić information content (AvgIpc) is 3.40. The van der Waals surface area contributed by atoms with Gasteiger partial charge < -0.3 is 4.90 Å². The molecule has 0 bridgehead atoms. The van der Waals surface area contributed by atoms with E-state index in [0.717, 1.165) is 70.5 Å². The van der Waals surface area contributed by atoms with Gasteiger partial charge >= 0.3 is 0 Å². The third-order valence-corrected chi connectivity index (χ3v) is 8.31. The molecule has 2 aromatic rings. The SMILES string of the molecule is CCCC(N1CCN(c2nsc3ccccc23)CC1)N1C(=O)CC2(CCCC2)CC1=O. The lowest BCUT2D eigenvalue weighted by Crippen LogP contribution is -2.61. The number of hydrogen-bond acceptors (Lipinski definition) is 6. The Morgan fingerprint density at radius 2 is 1.71 bits per heavy atom. The van der Waals surface area contributed by atoms with Crippen LogP contribution in [0.5, 0.6) is 0 Å². The number of aromatic nitrogens is 1. The van der Waals surface area contributed by atoms with E-state index < -0.39 is 0 Å². The van der Waals surface area contributed by atoms with Crippen molar-refractivity contribution in [3.63, 3.8) is 0 Å². The fourth-order valence-corrected chi connectivity index (χ4v) is 6.69. The topological polar surface area (TPSA) is 56.8 Å². The fourth-order valence-electron chi connectivity index (χ4n) is 5.89. The summed E-state index contributed by atoms with van der Waals surface area (Å²) in [5.74, 6) is 1.19. The van der Waals surface area contributed by atoms with Gasteiger partial charge in [0.15, 0.2) is 0 Å². The fraction of sp³-hybridized carbons (Fsp3) is 0.625. The maximum absolute atomic E-state index is 13.2. The Hall–Kier alpha value is -1.99. The van der Waals surface area contributed by atoms with E-state index in [-0.39, 0.29) is 23.4 Å². The van der Waals surface area contributed by atoms with Crippen molar-refractivity contribution in [2.24, 2.45) is 5.41 Å². The van der Waals surface area contributed by atoms with E-state index in [4.69, 9.17) is 4.37 Å². The number of fused-ring (bicyclic) bond motifs is 1. The number of benzene rings is 1. The molecule has 7 heteroatoms. The summed E-state index contributed by atoms with van der Waals surface area (Å²) in [6, 6.07) is 8.39. The third-order valence-electron chi connectivity index (χ3n) is 7.49. The van der Waals surface area contributed by atoms with Gasteiger partial charge in [-0.1, -0.05) is 38.3 Å². The van der Waals surface area contributed by atoms with Gasteiger partial charge in [0.2, 0.25) is 11.8 Å². The lowest BCUT2D eigenvalue weighted by molar-refractivity contribution is -0.162. The maximum Gasteiger partial charge on any atom is 0.231 e. The summed E-state index contributed by atoms with van der Waals surface area (Å²) in [5.41, 5.74) is -0.0359. The van der Waals surface area contributed by atoms with Gasteiger partial charge in [-0.3, -0.25) is 19.4 Å². The zero-order chi connectivity index (χ0) is 21.4. The first kappa shape index (κ1) is 20.9. The zero-order valence-corrected chi connectivity index (χ0v) is 19.2. The number of hydrogen-bond donors (Lipinski definition) is 0. The van der Waals surface area contributed by atoms with Gasteiger partial charge in [0.1, 0.15) is 5.82 Å². The highest BCUT2D eigenvalue weighted by molar-refractivity contribution is 7.13. The highest BCUT2D eigenvalue weighted by atomic mass is 32.1. The molecule has 2 aliphatic heterocycles. The van der Waals surface area contributed by atoms with Crippen molar-refractivity contribution < 1.29 is 9.59 Å². The number of likely N-dealkylation sites (tertiary alicyclic amines) is 1. The molecule has 3 aliphatic rings. The molecule has 1 saturated carbocycles. The van der Waals surface area contributed by atoms with Gasteiger partial charge in [0, 0.05) is 44.4 Å². The van der Waals surface area contributed by atoms with Crippen LogP contribution in [-0.4, -0.2) is 58.3 Å². The van der Waals surface area contributed by atoms with E-state index in [1.54, 1.807) is 16.4 Å². The average molecular weight is 441 g/mol. The largest absolute Gasteiger partial charge is 0.353 e. The van der Waals surface area contributed by atoms with Crippen molar-refractivity contribution in [2.45, 2.75) is 64.5 Å². The second kappa shape index (κ2) is 8.51. The van der Waals surface area contributed by atoms with Crippen molar-refractivity contribution in [1.29, 1.82) is 0 Å². The molecule has 0 radical (unpaired) electrons. The number of anilines is 1. The van der Waals surface area contributed by atoms with Gasteiger partial charge in [0.05, 0.1) is 10.9 Å². The van der Waals surface area contributed by atoms with Gasteiger partial charge in [0.25, 0.3) is 0 Å². The number of carbonyl (C=O) groups excluding carboxylic acids is 2. The Bertz CT molecular complexity index is 939. The number of amides is 2. The molecule has 1 aromatic carbocycles. The van der Waals surface area contributed by atoms with Crippen LogP contribution in [0.15, 0.2) is 24.3 Å². The molecular weight excluding hydrogens is 408 g/mol. The molecule has 0 N–H and O–H groups in total. The van der Waals surface area contributed by atoms with Crippen molar-refractivity contribution in [3.05, 3.63) is 24.3 Å². The Labute approximate surface area is 188 Å². The Balaban J connectivity index is 1.29. The van der Waals surface area contributed by atoms with Crippen molar-refractivity contribution in [3.8, 4) is 0 Å². The standard InChI is InChI=1S/C24H32N4O2S/c1-2-7-20(28-21(29)16-24(17-22(28)30)10-5-6-11-24)26-12-14-27(15-13-26)23-18-8-3-4-9-19(18)31-25-23/h3-4,8-9,20H,2,5-7,10-17H2,1H3. The minimum absolute atomic E-state index is 0.0359. The number of piperidine rings is 1. The number of imide groups is 1. The lowest BCUT2D eigenvalue weighted by atomic mass is 9.76. The first-order chi connectivity index (χ1) is 15.1. The summed E-state index contributed by atoms with van der Waals surface area (Å²) in [6.07, 6.45) is 7.23. The Morgan fingerprint density at radius 1 is 1.03 bits per heavy atom. The predicted molar refractivity (Wildman–Crippen MR) is 124 cm³/mol. The van der Waals surface area contributed by atoms with E-state index >= 15 is 0 Å². The monoisotopic (exact) mass is 440 g/mol. The smallest absolute Gasteiger partial charge is 0.231 e. The Morgan fingerprint density at radius 3 is 2.39 bits per heavy atom. The van der Waals surface area contributed by atoms with Crippen molar-refractivity contribution >= 4 is 39.3 Å². The molecule has 166 valence electrons. The molecule has 1 aromatic heterocycles. The van der Waals surface area contributed by atoms with E-state index in [2.05, 4.69) is 41.0 Å². The van der Waals surface area contributed by atoms with Gasteiger partial charge in [-0.2, -0.15) is 4.37 Å².